The summed E-state index contributed by atoms with van der Waals surface area (Å²) in [6, 6.07) is 18.9. The highest BCUT2D eigenvalue weighted by atomic mass is 16.5. The van der Waals surface area contributed by atoms with Gasteiger partial charge in [-0.3, -0.25) is 4.68 Å². The predicted molar refractivity (Wildman–Crippen MR) is 127 cm³/mol. The zero-order chi connectivity index (χ0) is 22.1. The van der Waals surface area contributed by atoms with Gasteiger partial charge in [0.2, 0.25) is 5.88 Å². The smallest absolute Gasteiger partial charge is 0.236 e. The van der Waals surface area contributed by atoms with Crippen LogP contribution in [0.15, 0.2) is 60.8 Å². The molecule has 0 unspecified atom stereocenters. The molecule has 1 aliphatic rings. The van der Waals surface area contributed by atoms with Gasteiger partial charge in [0.25, 0.3) is 0 Å². The van der Waals surface area contributed by atoms with E-state index in [4.69, 9.17) is 9.72 Å². The molecule has 2 heterocycles. The van der Waals surface area contributed by atoms with Crippen LogP contribution in [-0.2, 0) is 13.7 Å². The molecule has 5 rings (SSSR count). The molecule has 32 heavy (non-hydrogen) atoms. The number of aromatic nitrogens is 3. The van der Waals surface area contributed by atoms with Crippen LogP contribution in [0.5, 0.6) is 5.88 Å². The molecule has 0 atom stereocenters. The van der Waals surface area contributed by atoms with E-state index in [0.29, 0.717) is 18.4 Å². The lowest BCUT2D eigenvalue weighted by Gasteiger charge is -2.25. The molecule has 0 bridgehead atoms. The molecule has 0 aliphatic heterocycles. The monoisotopic (exact) mass is 427 g/mol. The van der Waals surface area contributed by atoms with Gasteiger partial charge in [-0.1, -0.05) is 42.5 Å². The van der Waals surface area contributed by atoms with Crippen LogP contribution in [0.25, 0.3) is 22.2 Å². The molecule has 1 aliphatic carbocycles. The number of aliphatic hydroxyl groups is 1. The van der Waals surface area contributed by atoms with Crippen molar-refractivity contribution in [3.8, 4) is 17.1 Å². The number of nitrogens with zero attached hydrogens (tertiary/aromatic N) is 3. The molecule has 1 N–H and O–H groups in total. The number of aliphatic hydroxyl groups excluding tert-OH is 1. The third kappa shape index (κ3) is 4.26. The van der Waals surface area contributed by atoms with Crippen molar-refractivity contribution in [1.82, 2.24) is 14.8 Å². The highest BCUT2D eigenvalue weighted by Crippen LogP contribution is 2.37. The Balaban J connectivity index is 1.31. The number of pyridine rings is 1. The van der Waals surface area contributed by atoms with Crippen LogP contribution in [0.3, 0.4) is 0 Å². The fourth-order valence-corrected chi connectivity index (χ4v) is 4.69. The third-order valence-corrected chi connectivity index (χ3v) is 6.48. The van der Waals surface area contributed by atoms with E-state index in [-0.39, 0.29) is 6.10 Å². The van der Waals surface area contributed by atoms with Crippen LogP contribution in [0.1, 0.15) is 48.3 Å². The molecule has 4 aromatic rings. The minimum atomic E-state index is -0.161. The summed E-state index contributed by atoms with van der Waals surface area (Å²) in [5.74, 6) is 1.12. The van der Waals surface area contributed by atoms with Gasteiger partial charge < -0.3 is 9.84 Å². The summed E-state index contributed by atoms with van der Waals surface area (Å²) in [4.78, 5) is 4.88. The number of ether oxygens (including phenoxy) is 1. The Bertz CT molecular complexity index is 1220. The number of rotatable bonds is 5. The largest absolute Gasteiger partial charge is 0.472 e. The van der Waals surface area contributed by atoms with Gasteiger partial charge >= 0.3 is 0 Å². The van der Waals surface area contributed by atoms with Gasteiger partial charge in [0, 0.05) is 29.8 Å². The summed E-state index contributed by atoms with van der Waals surface area (Å²) in [6.45, 7) is 2.59. The molecule has 0 amide bonds. The van der Waals surface area contributed by atoms with E-state index >= 15 is 0 Å². The molecule has 2 aromatic carbocycles. The number of hydrogen-bond donors (Lipinski definition) is 1. The van der Waals surface area contributed by atoms with Crippen molar-refractivity contribution in [3.63, 3.8) is 0 Å². The van der Waals surface area contributed by atoms with E-state index in [1.165, 1.54) is 5.56 Å². The van der Waals surface area contributed by atoms with Crippen LogP contribution in [0.4, 0.5) is 0 Å². The molecule has 0 saturated heterocycles. The minimum Gasteiger partial charge on any atom is -0.472 e. The van der Waals surface area contributed by atoms with E-state index in [1.54, 1.807) is 0 Å². The van der Waals surface area contributed by atoms with E-state index in [9.17, 15) is 5.11 Å². The maximum atomic E-state index is 9.82. The van der Waals surface area contributed by atoms with Gasteiger partial charge in [-0.25, -0.2) is 4.98 Å². The Labute approximate surface area is 188 Å². The van der Waals surface area contributed by atoms with Crippen molar-refractivity contribution in [2.24, 2.45) is 7.05 Å². The average molecular weight is 428 g/mol. The summed E-state index contributed by atoms with van der Waals surface area (Å²) in [5, 5.41) is 15.5. The van der Waals surface area contributed by atoms with Crippen molar-refractivity contribution >= 4 is 10.9 Å². The Hall–Kier alpha value is -3.18. The summed E-state index contributed by atoms with van der Waals surface area (Å²) in [6.07, 6.45) is 5.57. The molecule has 1 fully saturated rings. The van der Waals surface area contributed by atoms with Crippen LogP contribution < -0.4 is 4.74 Å². The Morgan fingerprint density at radius 2 is 1.78 bits per heavy atom. The number of fused-ring (bicyclic) bond motifs is 1. The fourth-order valence-electron chi connectivity index (χ4n) is 4.69. The highest BCUT2D eigenvalue weighted by molar-refractivity contribution is 5.83. The summed E-state index contributed by atoms with van der Waals surface area (Å²) in [5.41, 5.74) is 6.57. The summed E-state index contributed by atoms with van der Waals surface area (Å²) in [7, 11) is 1.93. The maximum Gasteiger partial charge on any atom is 0.236 e. The van der Waals surface area contributed by atoms with Gasteiger partial charge in [-0.05, 0) is 61.8 Å². The van der Waals surface area contributed by atoms with Gasteiger partial charge in [0.15, 0.2) is 0 Å². The first-order valence-corrected chi connectivity index (χ1v) is 11.4. The number of para-hydroxylation sites is 1. The van der Waals surface area contributed by atoms with Crippen LogP contribution >= 0.6 is 0 Å². The maximum absolute atomic E-state index is 9.82. The van der Waals surface area contributed by atoms with Crippen molar-refractivity contribution in [1.29, 1.82) is 0 Å². The summed E-state index contributed by atoms with van der Waals surface area (Å²) < 4.78 is 7.97. The molecule has 2 aromatic heterocycles. The normalized spacial score (nSPS) is 18.7. The predicted octanol–water partition coefficient (Wildman–Crippen LogP) is 5.54. The van der Waals surface area contributed by atoms with Crippen LogP contribution in [-0.4, -0.2) is 26.0 Å². The van der Waals surface area contributed by atoms with E-state index in [2.05, 4.69) is 60.7 Å². The molecule has 0 radical (unpaired) electrons. The van der Waals surface area contributed by atoms with Gasteiger partial charge in [-0.15, -0.1) is 5.10 Å². The molecule has 1 saturated carbocycles. The Morgan fingerprint density at radius 3 is 2.56 bits per heavy atom. The van der Waals surface area contributed by atoms with Crippen molar-refractivity contribution in [3.05, 3.63) is 77.5 Å². The lowest BCUT2D eigenvalue weighted by Crippen LogP contribution is -2.17. The molecule has 164 valence electrons. The second-order valence-corrected chi connectivity index (χ2v) is 8.90. The van der Waals surface area contributed by atoms with Crippen LogP contribution in [0, 0.1) is 6.92 Å². The first kappa shape index (κ1) is 20.7. The first-order valence-electron chi connectivity index (χ1n) is 11.4. The molecule has 5 nitrogen and oxygen atoms in total. The molecule has 5 heteroatoms. The molecule has 0 spiro atoms. The minimum absolute atomic E-state index is 0.161. The van der Waals surface area contributed by atoms with Gasteiger partial charge in [0.1, 0.15) is 6.61 Å². The van der Waals surface area contributed by atoms with Gasteiger partial charge in [-0.2, -0.15) is 0 Å². The number of benzene rings is 2. The quantitative estimate of drug-likeness (QED) is 0.454. The second kappa shape index (κ2) is 8.75. The number of hydrogen-bond acceptors (Lipinski definition) is 4. The Kier molecular flexibility index (Phi) is 5.66. The topological polar surface area (TPSA) is 60.2 Å². The first-order chi connectivity index (χ1) is 15.6. The zero-order valence-electron chi connectivity index (χ0n) is 18.7. The summed E-state index contributed by atoms with van der Waals surface area (Å²) >= 11 is 0. The Morgan fingerprint density at radius 1 is 1.03 bits per heavy atom. The van der Waals surface area contributed by atoms with E-state index < -0.39 is 0 Å². The van der Waals surface area contributed by atoms with Crippen molar-refractivity contribution in [2.45, 2.75) is 51.2 Å². The SMILES string of the molecule is Cc1cc2ccccc2nc1-c1ccc(COc2nn(C)cc2C2CCC(O)CC2)cc1. The molecular formula is C27H29N3O2. The fraction of sp³-hybridized carbons (Fsp3) is 0.333. The van der Waals surface area contributed by atoms with Gasteiger partial charge in [0.05, 0.1) is 17.3 Å². The zero-order valence-corrected chi connectivity index (χ0v) is 18.7. The average Bonchev–Trinajstić information content (AvgIpc) is 3.18. The third-order valence-electron chi connectivity index (χ3n) is 6.48. The second-order valence-electron chi connectivity index (χ2n) is 8.90. The van der Waals surface area contributed by atoms with Crippen molar-refractivity contribution in [2.75, 3.05) is 0 Å². The lowest BCUT2D eigenvalue weighted by molar-refractivity contribution is 0.122. The van der Waals surface area contributed by atoms with Crippen LogP contribution in [0.2, 0.25) is 0 Å². The highest BCUT2D eigenvalue weighted by Gasteiger charge is 2.25. The standard InChI is InChI=1S/C27H29N3O2/c1-18-15-22-5-3-4-6-25(22)28-26(18)21-9-7-19(8-10-21)17-32-27-24(16-30(2)29-27)20-11-13-23(31)14-12-20/h3-10,15-16,20,23,31H,11-14,17H2,1-2H3. The molecular weight excluding hydrogens is 398 g/mol. The lowest BCUT2D eigenvalue weighted by atomic mass is 9.84. The van der Waals surface area contributed by atoms with E-state index in [0.717, 1.165) is 59.0 Å². The van der Waals surface area contributed by atoms with Crippen molar-refractivity contribution < 1.29 is 9.84 Å². The number of aryl methyl sites for hydroxylation is 2. The van der Waals surface area contributed by atoms with E-state index in [1.807, 2.05) is 23.9 Å².